The fourth-order valence-corrected chi connectivity index (χ4v) is 3.80. The van der Waals surface area contributed by atoms with Crippen molar-refractivity contribution in [2.45, 2.75) is 52.6 Å². The molecule has 0 spiro atoms. The van der Waals surface area contributed by atoms with Gasteiger partial charge < -0.3 is 4.84 Å². The molecule has 0 radical (unpaired) electrons. The van der Waals surface area contributed by atoms with Crippen LogP contribution in [0.2, 0.25) is 0 Å². The number of hydrogen-bond donors (Lipinski definition) is 0. The minimum atomic E-state index is 0.160. The topological polar surface area (TPSA) is 21.6 Å². The van der Waals surface area contributed by atoms with Crippen molar-refractivity contribution in [3.05, 3.63) is 95.1 Å². The van der Waals surface area contributed by atoms with E-state index in [1.807, 2.05) is 6.07 Å². The molecule has 0 bridgehead atoms. The maximum absolute atomic E-state index is 5.89. The lowest BCUT2D eigenvalue weighted by atomic mass is 9.86. The lowest BCUT2D eigenvalue weighted by Gasteiger charge is -2.19. The number of benzene rings is 3. The zero-order valence-electron chi connectivity index (χ0n) is 18.5. The molecule has 3 aromatic rings. The number of rotatable bonds is 6. The highest BCUT2D eigenvalue weighted by atomic mass is 16.6. The second kappa shape index (κ2) is 8.47. The van der Waals surface area contributed by atoms with Crippen LogP contribution in [0.4, 0.5) is 0 Å². The van der Waals surface area contributed by atoms with E-state index in [1.165, 1.54) is 46.2 Å². The molecule has 0 aromatic heterocycles. The summed E-state index contributed by atoms with van der Waals surface area (Å²) in [5.41, 5.74) is 8.69. The first-order chi connectivity index (χ1) is 14.4. The summed E-state index contributed by atoms with van der Waals surface area (Å²) < 4.78 is 0. The molecule has 0 amide bonds. The van der Waals surface area contributed by atoms with Crippen molar-refractivity contribution >= 4 is 5.71 Å². The van der Waals surface area contributed by atoms with E-state index in [2.05, 4.69) is 99.6 Å². The molecule has 1 fully saturated rings. The number of oxime groups is 1. The minimum Gasteiger partial charge on any atom is -0.391 e. The highest BCUT2D eigenvalue weighted by Crippen LogP contribution is 2.34. The van der Waals surface area contributed by atoms with Gasteiger partial charge in [0.05, 0.1) is 5.71 Å². The van der Waals surface area contributed by atoms with E-state index in [0.29, 0.717) is 12.5 Å². The molecule has 1 aliphatic carbocycles. The molecule has 30 heavy (non-hydrogen) atoms. The molecule has 0 aliphatic heterocycles. The Balaban J connectivity index is 1.51. The van der Waals surface area contributed by atoms with Gasteiger partial charge in [0.25, 0.3) is 0 Å². The molecule has 0 N–H and O–H groups in total. The summed E-state index contributed by atoms with van der Waals surface area (Å²) in [6.45, 7) is 9.38. The van der Waals surface area contributed by atoms with E-state index in [0.717, 1.165) is 5.71 Å². The van der Waals surface area contributed by atoms with Gasteiger partial charge >= 0.3 is 0 Å². The molecule has 1 saturated carbocycles. The highest BCUT2D eigenvalue weighted by molar-refractivity contribution is 6.03. The number of hydrogen-bond acceptors (Lipinski definition) is 2. The van der Waals surface area contributed by atoms with Gasteiger partial charge in [0.15, 0.2) is 0 Å². The van der Waals surface area contributed by atoms with Crippen LogP contribution in [0.3, 0.4) is 0 Å². The van der Waals surface area contributed by atoms with Gasteiger partial charge in [0.1, 0.15) is 6.61 Å². The Morgan fingerprint density at radius 3 is 2.23 bits per heavy atom. The van der Waals surface area contributed by atoms with Crippen molar-refractivity contribution in [2.24, 2.45) is 11.1 Å². The molecule has 1 aliphatic rings. The number of nitrogens with zero attached hydrogens (tertiary/aromatic N) is 1. The molecular weight excluding hydrogens is 366 g/mol. The van der Waals surface area contributed by atoms with Crippen molar-refractivity contribution in [3.8, 4) is 11.1 Å². The summed E-state index contributed by atoms with van der Waals surface area (Å²) in [5.74, 6) is 0.530. The molecule has 2 nitrogen and oxygen atoms in total. The summed E-state index contributed by atoms with van der Waals surface area (Å²) in [5, 5.41) is 4.60. The van der Waals surface area contributed by atoms with E-state index < -0.39 is 0 Å². The van der Waals surface area contributed by atoms with E-state index in [9.17, 15) is 0 Å². The van der Waals surface area contributed by atoms with Crippen LogP contribution in [0.5, 0.6) is 0 Å². The van der Waals surface area contributed by atoms with Crippen LogP contribution in [0.1, 0.15) is 55.9 Å². The average Bonchev–Trinajstić information content (AvgIpc) is 3.58. The van der Waals surface area contributed by atoms with Gasteiger partial charge in [-0.05, 0) is 58.6 Å². The Kier molecular flexibility index (Phi) is 5.76. The van der Waals surface area contributed by atoms with Gasteiger partial charge in [-0.3, -0.25) is 0 Å². The Morgan fingerprint density at radius 1 is 0.900 bits per heavy atom. The molecule has 2 heteroatoms. The van der Waals surface area contributed by atoms with Crippen molar-refractivity contribution in [1.29, 1.82) is 0 Å². The standard InChI is InChI=1S/C28H31NO/c1-20-24(11-8-12-26(20)21-9-6-5-7-10-21)19-30-29-27(22-13-14-22)23-15-17-25(18-16-23)28(2,3)4/h5-12,15-18,22H,13-14,19H2,1-4H3/b29-27-. The first-order valence-corrected chi connectivity index (χ1v) is 10.9. The van der Waals surface area contributed by atoms with Crippen molar-refractivity contribution < 1.29 is 4.84 Å². The van der Waals surface area contributed by atoms with Crippen LogP contribution in [0.25, 0.3) is 11.1 Å². The maximum atomic E-state index is 5.89. The Labute approximate surface area is 180 Å². The van der Waals surface area contributed by atoms with Crippen LogP contribution in [-0.4, -0.2) is 5.71 Å². The van der Waals surface area contributed by atoms with Crippen molar-refractivity contribution in [3.63, 3.8) is 0 Å². The third kappa shape index (κ3) is 4.64. The molecule has 0 atom stereocenters. The van der Waals surface area contributed by atoms with E-state index in [-0.39, 0.29) is 5.41 Å². The monoisotopic (exact) mass is 397 g/mol. The van der Waals surface area contributed by atoms with Gasteiger partial charge in [-0.25, -0.2) is 0 Å². The Bertz CT molecular complexity index is 1020. The summed E-state index contributed by atoms with van der Waals surface area (Å²) in [6.07, 6.45) is 2.40. The average molecular weight is 398 g/mol. The normalized spacial score (nSPS) is 14.6. The second-order valence-electron chi connectivity index (χ2n) is 9.31. The molecule has 0 unspecified atom stereocenters. The Morgan fingerprint density at radius 2 is 1.60 bits per heavy atom. The highest BCUT2D eigenvalue weighted by Gasteiger charge is 2.29. The molecule has 154 valence electrons. The van der Waals surface area contributed by atoms with E-state index >= 15 is 0 Å². The van der Waals surface area contributed by atoms with Crippen LogP contribution in [0.15, 0.2) is 78.0 Å². The quantitative estimate of drug-likeness (QED) is 0.316. The van der Waals surface area contributed by atoms with Crippen LogP contribution >= 0.6 is 0 Å². The van der Waals surface area contributed by atoms with Crippen molar-refractivity contribution in [2.75, 3.05) is 0 Å². The zero-order chi connectivity index (χ0) is 21.1. The molecule has 0 heterocycles. The fraction of sp³-hybridized carbons (Fsp3) is 0.321. The molecular formula is C28H31NO. The maximum Gasteiger partial charge on any atom is 0.142 e. The van der Waals surface area contributed by atoms with Crippen LogP contribution < -0.4 is 0 Å². The second-order valence-corrected chi connectivity index (χ2v) is 9.31. The van der Waals surface area contributed by atoms with Crippen molar-refractivity contribution in [1.82, 2.24) is 0 Å². The predicted octanol–water partition coefficient (Wildman–Crippen LogP) is 7.29. The largest absolute Gasteiger partial charge is 0.391 e. The van der Waals surface area contributed by atoms with Gasteiger partial charge in [-0.2, -0.15) is 0 Å². The molecule has 4 rings (SSSR count). The fourth-order valence-electron chi connectivity index (χ4n) is 3.80. The summed E-state index contributed by atoms with van der Waals surface area (Å²) >= 11 is 0. The van der Waals surface area contributed by atoms with Gasteiger partial charge in [-0.15, -0.1) is 0 Å². The minimum absolute atomic E-state index is 0.160. The third-order valence-corrected chi connectivity index (χ3v) is 5.92. The van der Waals surface area contributed by atoms with E-state index in [1.54, 1.807) is 0 Å². The zero-order valence-corrected chi connectivity index (χ0v) is 18.5. The SMILES string of the molecule is Cc1c(CO/N=C(\c2ccc(C(C)(C)C)cc2)C2CC2)cccc1-c1ccccc1. The lowest BCUT2D eigenvalue weighted by Crippen LogP contribution is -2.12. The Hall–Kier alpha value is -2.87. The van der Waals surface area contributed by atoms with Gasteiger partial charge in [-0.1, -0.05) is 98.7 Å². The first-order valence-electron chi connectivity index (χ1n) is 10.9. The third-order valence-electron chi connectivity index (χ3n) is 5.92. The smallest absolute Gasteiger partial charge is 0.142 e. The van der Waals surface area contributed by atoms with Crippen LogP contribution in [-0.2, 0) is 16.9 Å². The summed E-state index contributed by atoms with van der Waals surface area (Å²) in [6, 6.07) is 25.8. The van der Waals surface area contributed by atoms with Gasteiger partial charge in [0.2, 0.25) is 0 Å². The van der Waals surface area contributed by atoms with Gasteiger partial charge in [0, 0.05) is 5.92 Å². The summed E-state index contributed by atoms with van der Waals surface area (Å²) in [4.78, 5) is 5.89. The lowest BCUT2D eigenvalue weighted by molar-refractivity contribution is 0.129. The predicted molar refractivity (Wildman–Crippen MR) is 126 cm³/mol. The first kappa shape index (κ1) is 20.4. The molecule has 3 aromatic carbocycles. The van der Waals surface area contributed by atoms with Crippen LogP contribution in [0, 0.1) is 12.8 Å². The molecule has 0 saturated heterocycles. The van der Waals surface area contributed by atoms with E-state index in [4.69, 9.17) is 4.84 Å². The summed E-state index contributed by atoms with van der Waals surface area (Å²) in [7, 11) is 0.